The van der Waals surface area contributed by atoms with E-state index in [4.69, 9.17) is 20.2 Å². The predicted molar refractivity (Wildman–Crippen MR) is 170 cm³/mol. The number of rotatable bonds is 16. The molecule has 8 nitrogen and oxygen atoms in total. The van der Waals surface area contributed by atoms with E-state index in [1.165, 1.54) is 0 Å². The van der Waals surface area contributed by atoms with Crippen molar-refractivity contribution in [2.75, 3.05) is 7.11 Å². The first kappa shape index (κ1) is 31.5. The van der Waals surface area contributed by atoms with Crippen LogP contribution in [-0.2, 0) is 22.7 Å². The summed E-state index contributed by atoms with van der Waals surface area (Å²) in [7, 11) is 1.67. The number of unbranched alkanes of at least 4 members (excludes halogenated alkanes) is 2. The smallest absolute Gasteiger partial charge is 0.320 e. The van der Waals surface area contributed by atoms with Crippen LogP contribution < -0.4 is 20.5 Å². The highest BCUT2D eigenvalue weighted by Crippen LogP contribution is 2.36. The SMILES string of the molecule is CCCCC(NCc1cccc(OC(=O)CC(N)=O)c1)c1c(-c2ccc(OC)cc2)nc(-c2ccccc2)n1CCCC. The summed E-state index contributed by atoms with van der Waals surface area (Å²) in [6, 6.07) is 25.8. The molecule has 1 heterocycles. The summed E-state index contributed by atoms with van der Waals surface area (Å²) in [5, 5.41) is 3.81. The van der Waals surface area contributed by atoms with Gasteiger partial charge in [0, 0.05) is 30.3 Å². The molecule has 0 aliphatic carbocycles. The van der Waals surface area contributed by atoms with E-state index >= 15 is 0 Å². The molecule has 43 heavy (non-hydrogen) atoms. The second kappa shape index (κ2) is 15.7. The Labute approximate surface area is 254 Å². The molecule has 0 saturated carbocycles. The fraction of sp³-hybridized carbons (Fsp3) is 0.343. The van der Waals surface area contributed by atoms with E-state index in [0.717, 1.165) is 78.3 Å². The van der Waals surface area contributed by atoms with E-state index in [-0.39, 0.29) is 6.04 Å². The summed E-state index contributed by atoms with van der Waals surface area (Å²) in [6.07, 6.45) is 4.68. The van der Waals surface area contributed by atoms with Crippen molar-refractivity contribution >= 4 is 11.9 Å². The number of imidazole rings is 1. The fourth-order valence-electron chi connectivity index (χ4n) is 5.14. The fourth-order valence-corrected chi connectivity index (χ4v) is 5.14. The Hall–Kier alpha value is -4.43. The standard InChI is InChI=1S/C35H42N4O4/c1-4-6-16-30(37-24-25-12-11-15-29(22-25)43-32(41)23-31(36)40)34-33(26-17-19-28(42-3)20-18-26)38-35(39(34)21-7-5-2)27-13-9-8-10-14-27/h8-15,17-20,22,30,37H,4-7,16,21,23-24H2,1-3H3,(H2,36,40). The number of methoxy groups -OCH3 is 1. The van der Waals surface area contributed by atoms with E-state index in [0.29, 0.717) is 12.3 Å². The molecule has 0 saturated heterocycles. The predicted octanol–water partition coefficient (Wildman–Crippen LogP) is 6.83. The Morgan fingerprint density at radius 2 is 1.65 bits per heavy atom. The van der Waals surface area contributed by atoms with Crippen molar-refractivity contribution in [2.24, 2.45) is 5.73 Å². The second-order valence-corrected chi connectivity index (χ2v) is 10.6. The highest BCUT2D eigenvalue weighted by Gasteiger charge is 2.26. The van der Waals surface area contributed by atoms with Gasteiger partial charge in [0.15, 0.2) is 0 Å². The molecule has 0 bridgehead atoms. The molecule has 3 aromatic carbocycles. The van der Waals surface area contributed by atoms with Crippen LogP contribution in [0.4, 0.5) is 0 Å². The van der Waals surface area contributed by atoms with Gasteiger partial charge in [-0.05, 0) is 54.8 Å². The lowest BCUT2D eigenvalue weighted by Gasteiger charge is -2.23. The van der Waals surface area contributed by atoms with E-state index < -0.39 is 18.3 Å². The molecule has 0 aliphatic heterocycles. The first-order valence-electron chi connectivity index (χ1n) is 15.0. The number of hydrogen-bond acceptors (Lipinski definition) is 6. The van der Waals surface area contributed by atoms with Gasteiger partial charge in [0.2, 0.25) is 5.91 Å². The molecule has 1 aromatic heterocycles. The lowest BCUT2D eigenvalue weighted by molar-refractivity contribution is -0.137. The molecule has 0 radical (unpaired) electrons. The van der Waals surface area contributed by atoms with Crippen LogP contribution in [0.2, 0.25) is 0 Å². The minimum atomic E-state index is -0.719. The largest absolute Gasteiger partial charge is 0.497 e. The van der Waals surface area contributed by atoms with Gasteiger partial charge in [0.25, 0.3) is 0 Å². The quantitative estimate of drug-likeness (QED) is 0.0852. The lowest BCUT2D eigenvalue weighted by atomic mass is 10.00. The average molecular weight is 583 g/mol. The van der Waals surface area contributed by atoms with Gasteiger partial charge in [-0.2, -0.15) is 0 Å². The molecule has 8 heteroatoms. The number of nitrogens with two attached hydrogens (primary N) is 1. The zero-order valence-electron chi connectivity index (χ0n) is 25.3. The average Bonchev–Trinajstić information content (AvgIpc) is 3.39. The molecule has 1 unspecified atom stereocenters. The van der Waals surface area contributed by atoms with Crippen LogP contribution in [0, 0.1) is 0 Å². The number of esters is 1. The number of carbonyl (C=O) groups excluding carboxylic acids is 2. The zero-order valence-corrected chi connectivity index (χ0v) is 25.3. The lowest BCUT2D eigenvalue weighted by Crippen LogP contribution is -2.25. The Morgan fingerprint density at radius 3 is 2.33 bits per heavy atom. The number of aromatic nitrogens is 2. The Morgan fingerprint density at radius 1 is 0.907 bits per heavy atom. The number of amides is 1. The molecule has 0 fully saturated rings. The number of nitrogens with one attached hydrogen (secondary N) is 1. The molecule has 1 amide bonds. The van der Waals surface area contributed by atoms with Crippen LogP contribution in [0.3, 0.4) is 0 Å². The first-order chi connectivity index (χ1) is 20.9. The monoisotopic (exact) mass is 582 g/mol. The third-order valence-corrected chi connectivity index (χ3v) is 7.32. The molecular formula is C35H42N4O4. The van der Waals surface area contributed by atoms with Crippen molar-refractivity contribution in [3.8, 4) is 34.1 Å². The molecule has 1 atom stereocenters. The number of carbonyl (C=O) groups is 2. The van der Waals surface area contributed by atoms with Crippen LogP contribution in [0.1, 0.15) is 69.7 Å². The third kappa shape index (κ3) is 8.55. The van der Waals surface area contributed by atoms with Crippen molar-refractivity contribution < 1.29 is 19.1 Å². The summed E-state index contributed by atoms with van der Waals surface area (Å²) >= 11 is 0. The summed E-state index contributed by atoms with van der Waals surface area (Å²) < 4.78 is 13.2. The van der Waals surface area contributed by atoms with Crippen molar-refractivity contribution in [1.82, 2.24) is 14.9 Å². The van der Waals surface area contributed by atoms with Gasteiger partial charge in [-0.25, -0.2) is 4.98 Å². The number of ether oxygens (including phenoxy) is 2. The molecule has 3 N–H and O–H groups in total. The van der Waals surface area contributed by atoms with E-state index in [1.807, 2.05) is 36.4 Å². The minimum Gasteiger partial charge on any atom is -0.497 e. The number of benzene rings is 3. The summed E-state index contributed by atoms with van der Waals surface area (Å²) in [5.41, 5.74) is 10.3. The van der Waals surface area contributed by atoms with Gasteiger partial charge in [0.1, 0.15) is 23.7 Å². The van der Waals surface area contributed by atoms with E-state index in [2.05, 4.69) is 60.1 Å². The van der Waals surface area contributed by atoms with Gasteiger partial charge < -0.3 is 25.1 Å². The Bertz CT molecular complexity index is 1480. The maximum absolute atomic E-state index is 12.0. The highest BCUT2D eigenvalue weighted by atomic mass is 16.5. The number of nitrogens with zero attached hydrogens (tertiary/aromatic N) is 2. The van der Waals surface area contributed by atoms with Gasteiger partial charge in [0.05, 0.1) is 18.5 Å². The van der Waals surface area contributed by atoms with Crippen LogP contribution in [0.5, 0.6) is 11.5 Å². The summed E-state index contributed by atoms with van der Waals surface area (Å²) in [5.74, 6) is 0.756. The van der Waals surface area contributed by atoms with Crippen LogP contribution in [-0.4, -0.2) is 28.5 Å². The molecule has 4 rings (SSSR count). The molecular weight excluding hydrogens is 540 g/mol. The molecule has 4 aromatic rings. The van der Waals surface area contributed by atoms with Crippen LogP contribution >= 0.6 is 0 Å². The molecule has 226 valence electrons. The maximum atomic E-state index is 12.0. The Kier molecular flexibility index (Phi) is 11.5. The summed E-state index contributed by atoms with van der Waals surface area (Å²) in [4.78, 5) is 28.4. The van der Waals surface area contributed by atoms with Crippen molar-refractivity contribution in [3.63, 3.8) is 0 Å². The normalized spacial score (nSPS) is 11.7. The van der Waals surface area contributed by atoms with Gasteiger partial charge in [-0.3, -0.25) is 9.59 Å². The topological polar surface area (TPSA) is 108 Å². The first-order valence-corrected chi connectivity index (χ1v) is 15.0. The number of hydrogen-bond donors (Lipinski definition) is 2. The van der Waals surface area contributed by atoms with Gasteiger partial charge >= 0.3 is 5.97 Å². The number of primary amides is 1. The maximum Gasteiger partial charge on any atom is 0.320 e. The van der Waals surface area contributed by atoms with Crippen LogP contribution in [0.25, 0.3) is 22.6 Å². The van der Waals surface area contributed by atoms with Crippen molar-refractivity contribution in [2.45, 2.75) is 71.5 Å². The molecule has 0 aliphatic rings. The Balaban J connectivity index is 1.75. The molecule has 0 spiro atoms. The summed E-state index contributed by atoms with van der Waals surface area (Å²) in [6.45, 7) is 5.82. The zero-order chi connectivity index (χ0) is 30.6. The van der Waals surface area contributed by atoms with E-state index in [9.17, 15) is 9.59 Å². The minimum absolute atomic E-state index is 0.0138. The third-order valence-electron chi connectivity index (χ3n) is 7.32. The van der Waals surface area contributed by atoms with Crippen LogP contribution in [0.15, 0.2) is 78.9 Å². The van der Waals surface area contributed by atoms with Gasteiger partial charge in [-0.1, -0.05) is 75.6 Å². The van der Waals surface area contributed by atoms with Crippen molar-refractivity contribution in [1.29, 1.82) is 0 Å². The highest BCUT2D eigenvalue weighted by molar-refractivity contribution is 5.94. The van der Waals surface area contributed by atoms with E-state index in [1.54, 1.807) is 13.2 Å². The second-order valence-electron chi connectivity index (χ2n) is 10.6. The van der Waals surface area contributed by atoms with Crippen molar-refractivity contribution in [3.05, 3.63) is 90.1 Å². The van der Waals surface area contributed by atoms with Gasteiger partial charge in [-0.15, -0.1) is 0 Å².